The molecule has 0 bridgehead atoms. The van der Waals surface area contributed by atoms with Gasteiger partial charge in [0.05, 0.1) is 13.5 Å². The fraction of sp³-hybridized carbons (Fsp3) is 0.533. The molecule has 1 aliphatic rings. The summed E-state index contributed by atoms with van der Waals surface area (Å²) in [6.07, 6.45) is 3.45. The number of ether oxygens (including phenoxy) is 1. The quantitative estimate of drug-likeness (QED) is 0.854. The van der Waals surface area contributed by atoms with E-state index in [4.69, 9.17) is 9.84 Å². The van der Waals surface area contributed by atoms with Gasteiger partial charge >= 0.3 is 5.97 Å². The van der Waals surface area contributed by atoms with Gasteiger partial charge in [-0.15, -0.1) is 0 Å². The second-order valence-corrected chi connectivity index (χ2v) is 4.99. The summed E-state index contributed by atoms with van der Waals surface area (Å²) >= 11 is 0. The van der Waals surface area contributed by atoms with Gasteiger partial charge in [0.15, 0.2) is 0 Å². The second kappa shape index (κ2) is 6.57. The maximum absolute atomic E-state index is 10.7. The van der Waals surface area contributed by atoms with E-state index < -0.39 is 5.97 Å². The minimum absolute atomic E-state index is 0.225. The van der Waals surface area contributed by atoms with Crippen LogP contribution in [0.2, 0.25) is 0 Å². The van der Waals surface area contributed by atoms with Crippen LogP contribution >= 0.6 is 0 Å². The van der Waals surface area contributed by atoms with Crippen molar-refractivity contribution in [1.82, 2.24) is 4.90 Å². The lowest BCUT2D eigenvalue weighted by Gasteiger charge is -2.24. The summed E-state index contributed by atoms with van der Waals surface area (Å²) in [4.78, 5) is 13.0. The van der Waals surface area contributed by atoms with E-state index >= 15 is 0 Å². The lowest BCUT2D eigenvalue weighted by atomic mass is 10.0. The fourth-order valence-corrected chi connectivity index (χ4v) is 2.79. The highest BCUT2D eigenvalue weighted by atomic mass is 16.5. The Bertz CT molecular complexity index is 433. The molecule has 19 heavy (non-hydrogen) atoms. The number of likely N-dealkylation sites (tertiary alicyclic amines) is 1. The van der Waals surface area contributed by atoms with Gasteiger partial charge in [-0.2, -0.15) is 0 Å². The van der Waals surface area contributed by atoms with Crippen molar-refractivity contribution >= 4 is 5.97 Å². The van der Waals surface area contributed by atoms with E-state index in [0.717, 1.165) is 31.6 Å². The molecule has 1 N–H and O–H groups in total. The summed E-state index contributed by atoms with van der Waals surface area (Å²) in [5.74, 6) is 0.204. The molecule has 1 aromatic carbocycles. The summed E-state index contributed by atoms with van der Waals surface area (Å²) in [5, 5.41) is 8.79. The zero-order valence-corrected chi connectivity index (χ0v) is 11.3. The van der Waals surface area contributed by atoms with Crippen LogP contribution in [0.5, 0.6) is 5.75 Å². The zero-order valence-electron chi connectivity index (χ0n) is 11.3. The summed E-state index contributed by atoms with van der Waals surface area (Å²) in [7, 11) is 1.69. The minimum atomic E-state index is -0.719. The van der Waals surface area contributed by atoms with Crippen LogP contribution in [0, 0.1) is 0 Å². The number of benzene rings is 1. The highest BCUT2D eigenvalue weighted by Crippen LogP contribution is 2.25. The Balaban J connectivity index is 1.98. The molecule has 104 valence electrons. The predicted molar refractivity (Wildman–Crippen MR) is 73.5 cm³/mol. The first-order valence-electron chi connectivity index (χ1n) is 6.78. The van der Waals surface area contributed by atoms with E-state index in [-0.39, 0.29) is 6.42 Å². The fourth-order valence-electron chi connectivity index (χ4n) is 2.79. The van der Waals surface area contributed by atoms with Crippen molar-refractivity contribution in [3.05, 3.63) is 29.8 Å². The van der Waals surface area contributed by atoms with Crippen LogP contribution in [0.1, 0.15) is 24.8 Å². The van der Waals surface area contributed by atoms with Crippen molar-refractivity contribution in [1.29, 1.82) is 0 Å². The molecule has 0 radical (unpaired) electrons. The lowest BCUT2D eigenvalue weighted by Crippen LogP contribution is -2.33. The van der Waals surface area contributed by atoms with Crippen molar-refractivity contribution in [2.45, 2.75) is 31.7 Å². The largest absolute Gasteiger partial charge is 0.496 e. The Labute approximate surface area is 114 Å². The first kappa shape index (κ1) is 13.9. The van der Waals surface area contributed by atoms with Crippen LogP contribution in [0.4, 0.5) is 0 Å². The Hall–Kier alpha value is -1.55. The van der Waals surface area contributed by atoms with Gasteiger partial charge in [-0.25, -0.2) is 0 Å². The maximum atomic E-state index is 10.7. The molecule has 1 fully saturated rings. The van der Waals surface area contributed by atoms with E-state index in [1.807, 2.05) is 18.2 Å². The maximum Gasteiger partial charge on any atom is 0.304 e. The first-order valence-corrected chi connectivity index (χ1v) is 6.78. The monoisotopic (exact) mass is 263 g/mol. The first-order chi connectivity index (χ1) is 9.20. The van der Waals surface area contributed by atoms with Crippen LogP contribution < -0.4 is 4.74 Å². The van der Waals surface area contributed by atoms with Crippen LogP contribution in [0.25, 0.3) is 0 Å². The molecular formula is C15H21NO3. The van der Waals surface area contributed by atoms with Gasteiger partial charge in [-0.1, -0.05) is 18.2 Å². The average molecular weight is 263 g/mol. The van der Waals surface area contributed by atoms with Crippen molar-refractivity contribution in [2.24, 2.45) is 0 Å². The number of rotatable bonds is 6. The smallest absolute Gasteiger partial charge is 0.304 e. The third-order valence-corrected chi connectivity index (χ3v) is 3.76. The Kier molecular flexibility index (Phi) is 4.80. The third kappa shape index (κ3) is 3.70. The summed E-state index contributed by atoms with van der Waals surface area (Å²) in [5.41, 5.74) is 1.21. The summed E-state index contributed by atoms with van der Waals surface area (Å²) < 4.78 is 5.38. The minimum Gasteiger partial charge on any atom is -0.496 e. The van der Waals surface area contributed by atoms with Gasteiger partial charge in [0.25, 0.3) is 0 Å². The molecular weight excluding hydrogens is 242 g/mol. The number of aliphatic carboxylic acids is 1. The van der Waals surface area contributed by atoms with E-state index in [2.05, 4.69) is 11.0 Å². The lowest BCUT2D eigenvalue weighted by molar-refractivity contribution is -0.137. The van der Waals surface area contributed by atoms with Gasteiger partial charge in [0.2, 0.25) is 0 Å². The topological polar surface area (TPSA) is 49.8 Å². The summed E-state index contributed by atoms with van der Waals surface area (Å²) in [6, 6.07) is 8.50. The molecule has 4 heteroatoms. The molecule has 0 saturated carbocycles. The summed E-state index contributed by atoms with van der Waals surface area (Å²) in [6.45, 7) is 1.66. The number of para-hydroxylation sites is 1. The Morgan fingerprint density at radius 3 is 3.00 bits per heavy atom. The van der Waals surface area contributed by atoms with E-state index in [1.54, 1.807) is 7.11 Å². The number of hydrogen-bond donors (Lipinski definition) is 1. The number of carboxylic acid groups (broad SMARTS) is 1. The van der Waals surface area contributed by atoms with E-state index in [1.165, 1.54) is 5.56 Å². The standard InChI is InChI=1S/C15H21NO3/c1-19-14-7-3-2-5-12(14)11-13-6-4-9-16(13)10-8-15(17)18/h2-3,5,7,13H,4,6,8-11H2,1H3,(H,17,18). The molecule has 0 spiro atoms. The van der Waals surface area contributed by atoms with Crippen molar-refractivity contribution < 1.29 is 14.6 Å². The van der Waals surface area contributed by atoms with Crippen LogP contribution in [0.15, 0.2) is 24.3 Å². The molecule has 1 aliphatic heterocycles. The van der Waals surface area contributed by atoms with Crippen LogP contribution in [-0.2, 0) is 11.2 Å². The van der Waals surface area contributed by atoms with E-state index in [0.29, 0.717) is 12.6 Å². The molecule has 0 aliphatic carbocycles. The zero-order chi connectivity index (χ0) is 13.7. The highest BCUT2D eigenvalue weighted by Gasteiger charge is 2.25. The van der Waals surface area contributed by atoms with Crippen molar-refractivity contribution in [3.63, 3.8) is 0 Å². The normalized spacial score (nSPS) is 19.5. The van der Waals surface area contributed by atoms with Crippen molar-refractivity contribution in [2.75, 3.05) is 20.2 Å². The highest BCUT2D eigenvalue weighted by molar-refractivity contribution is 5.66. The number of carbonyl (C=O) groups is 1. The molecule has 1 atom stereocenters. The van der Waals surface area contributed by atoms with Crippen molar-refractivity contribution in [3.8, 4) is 5.75 Å². The Morgan fingerprint density at radius 2 is 2.26 bits per heavy atom. The van der Waals surface area contributed by atoms with Gasteiger partial charge in [0, 0.05) is 12.6 Å². The molecule has 1 unspecified atom stereocenters. The molecule has 4 nitrogen and oxygen atoms in total. The van der Waals surface area contributed by atoms with E-state index in [9.17, 15) is 4.79 Å². The van der Waals surface area contributed by atoms with Crippen LogP contribution in [-0.4, -0.2) is 42.2 Å². The number of methoxy groups -OCH3 is 1. The molecule has 1 saturated heterocycles. The average Bonchev–Trinajstić information content (AvgIpc) is 2.84. The predicted octanol–water partition coefficient (Wildman–Crippen LogP) is 2.18. The third-order valence-electron chi connectivity index (χ3n) is 3.76. The van der Waals surface area contributed by atoms with Crippen LogP contribution in [0.3, 0.4) is 0 Å². The van der Waals surface area contributed by atoms with Gasteiger partial charge in [-0.05, 0) is 37.4 Å². The molecule has 1 aromatic rings. The number of carboxylic acids is 1. The molecule has 0 amide bonds. The molecule has 1 heterocycles. The Morgan fingerprint density at radius 1 is 1.47 bits per heavy atom. The molecule has 2 rings (SSSR count). The van der Waals surface area contributed by atoms with Gasteiger partial charge < -0.3 is 9.84 Å². The van der Waals surface area contributed by atoms with Gasteiger partial charge in [-0.3, -0.25) is 9.69 Å². The number of hydrogen-bond acceptors (Lipinski definition) is 3. The number of nitrogens with zero attached hydrogens (tertiary/aromatic N) is 1. The van der Waals surface area contributed by atoms with Gasteiger partial charge in [0.1, 0.15) is 5.75 Å². The molecule has 0 aromatic heterocycles. The SMILES string of the molecule is COc1ccccc1CC1CCCN1CCC(=O)O. The second-order valence-electron chi connectivity index (χ2n) is 4.99.